The molecule has 1 aliphatic heterocycles. The van der Waals surface area contributed by atoms with Crippen molar-refractivity contribution in [2.24, 2.45) is 0 Å². The Balaban J connectivity index is 1.96. The lowest BCUT2D eigenvalue weighted by atomic mass is 10.1. The molecule has 1 unspecified atom stereocenters. The van der Waals surface area contributed by atoms with Crippen LogP contribution in [-0.2, 0) is 0 Å². The average molecular weight is 270 g/mol. The Morgan fingerprint density at radius 2 is 2.10 bits per heavy atom. The fourth-order valence-corrected chi connectivity index (χ4v) is 2.61. The maximum atomic E-state index is 12.1. The van der Waals surface area contributed by atoms with Crippen LogP contribution in [0.1, 0.15) is 6.42 Å². The summed E-state index contributed by atoms with van der Waals surface area (Å²) in [5, 5.41) is 3.33. The number of pyridine rings is 2. The molecule has 2 aromatic heterocycles. The molecular formula is C15H18N4O. The Hall–Kier alpha value is -2.14. The van der Waals surface area contributed by atoms with E-state index >= 15 is 0 Å². The molecule has 0 aliphatic carbocycles. The number of likely N-dealkylation sites (N-methyl/N-ethyl adjacent to an activating group) is 1. The standard InChI is InChI=1S/C15H18N4O/c1-19(13-4-7-17-10-13)14-8-12(9-18-15(14)20)11-2-5-16-6-3-11/h2-3,5-6,8-9,13,17H,4,7,10H2,1H3,(H,18,20). The van der Waals surface area contributed by atoms with Gasteiger partial charge < -0.3 is 15.2 Å². The highest BCUT2D eigenvalue weighted by atomic mass is 16.1. The lowest BCUT2D eigenvalue weighted by Crippen LogP contribution is -2.36. The van der Waals surface area contributed by atoms with Gasteiger partial charge in [-0.3, -0.25) is 9.78 Å². The third-order valence-corrected chi connectivity index (χ3v) is 3.86. The number of aromatic nitrogens is 2. The molecule has 104 valence electrons. The van der Waals surface area contributed by atoms with E-state index in [1.165, 1.54) is 0 Å². The SMILES string of the molecule is CN(c1cc(-c2ccncc2)c[nH]c1=O)C1CCNC1. The first-order valence-electron chi connectivity index (χ1n) is 6.82. The summed E-state index contributed by atoms with van der Waals surface area (Å²) in [4.78, 5) is 21.0. The van der Waals surface area contributed by atoms with Crippen molar-refractivity contribution in [1.82, 2.24) is 15.3 Å². The third-order valence-electron chi connectivity index (χ3n) is 3.86. The molecule has 2 N–H and O–H groups in total. The van der Waals surface area contributed by atoms with Crippen molar-refractivity contribution in [3.05, 3.63) is 47.1 Å². The Bertz CT molecular complexity index is 632. The maximum Gasteiger partial charge on any atom is 0.271 e. The van der Waals surface area contributed by atoms with Crippen molar-refractivity contribution in [2.45, 2.75) is 12.5 Å². The number of rotatable bonds is 3. The molecule has 0 saturated carbocycles. The molecule has 1 fully saturated rings. The number of H-pyrrole nitrogens is 1. The van der Waals surface area contributed by atoms with Gasteiger partial charge in [-0.15, -0.1) is 0 Å². The van der Waals surface area contributed by atoms with Crippen molar-refractivity contribution < 1.29 is 0 Å². The number of nitrogens with one attached hydrogen (secondary N) is 2. The largest absolute Gasteiger partial charge is 0.366 e. The monoisotopic (exact) mass is 270 g/mol. The molecule has 0 aromatic carbocycles. The number of hydrogen-bond donors (Lipinski definition) is 2. The normalized spacial score (nSPS) is 18.1. The topological polar surface area (TPSA) is 61.0 Å². The molecule has 0 spiro atoms. The van der Waals surface area contributed by atoms with E-state index < -0.39 is 0 Å². The van der Waals surface area contributed by atoms with E-state index in [1.54, 1.807) is 18.6 Å². The van der Waals surface area contributed by atoms with Gasteiger partial charge in [0.05, 0.1) is 0 Å². The zero-order chi connectivity index (χ0) is 13.9. The van der Waals surface area contributed by atoms with Gasteiger partial charge in [0, 0.05) is 43.8 Å². The van der Waals surface area contributed by atoms with Crippen molar-refractivity contribution >= 4 is 5.69 Å². The highest BCUT2D eigenvalue weighted by Crippen LogP contribution is 2.22. The summed E-state index contributed by atoms with van der Waals surface area (Å²) in [7, 11) is 1.98. The van der Waals surface area contributed by atoms with Crippen LogP contribution in [0.4, 0.5) is 5.69 Å². The fraction of sp³-hybridized carbons (Fsp3) is 0.333. The second-order valence-corrected chi connectivity index (χ2v) is 5.10. The van der Waals surface area contributed by atoms with Crippen LogP contribution in [0.25, 0.3) is 11.1 Å². The van der Waals surface area contributed by atoms with Gasteiger partial charge in [0.2, 0.25) is 0 Å². The molecule has 0 radical (unpaired) electrons. The summed E-state index contributed by atoms with van der Waals surface area (Å²) >= 11 is 0. The summed E-state index contributed by atoms with van der Waals surface area (Å²) in [5.41, 5.74) is 2.72. The van der Waals surface area contributed by atoms with Gasteiger partial charge in [0.15, 0.2) is 0 Å². The fourth-order valence-electron chi connectivity index (χ4n) is 2.61. The molecule has 3 heterocycles. The van der Waals surface area contributed by atoms with E-state index in [0.29, 0.717) is 11.7 Å². The Labute approximate surface area is 117 Å². The molecule has 0 amide bonds. The van der Waals surface area contributed by atoms with Gasteiger partial charge in [-0.2, -0.15) is 0 Å². The van der Waals surface area contributed by atoms with E-state index in [1.807, 2.05) is 25.2 Å². The number of aromatic amines is 1. The molecule has 5 heteroatoms. The molecule has 1 atom stereocenters. The number of nitrogens with zero attached hydrogens (tertiary/aromatic N) is 2. The van der Waals surface area contributed by atoms with Crippen LogP contribution in [0, 0.1) is 0 Å². The number of anilines is 1. The third kappa shape index (κ3) is 2.44. The molecule has 0 bridgehead atoms. The summed E-state index contributed by atoms with van der Waals surface area (Å²) in [5.74, 6) is 0. The van der Waals surface area contributed by atoms with Crippen molar-refractivity contribution in [2.75, 3.05) is 25.0 Å². The maximum absolute atomic E-state index is 12.1. The highest BCUT2D eigenvalue weighted by molar-refractivity contribution is 5.66. The van der Waals surface area contributed by atoms with Crippen molar-refractivity contribution in [3.8, 4) is 11.1 Å². The first kappa shape index (κ1) is 12.9. The van der Waals surface area contributed by atoms with Crippen LogP contribution in [0.2, 0.25) is 0 Å². The van der Waals surface area contributed by atoms with Crippen LogP contribution >= 0.6 is 0 Å². The summed E-state index contributed by atoms with van der Waals surface area (Å²) in [6.45, 7) is 1.94. The molecular weight excluding hydrogens is 252 g/mol. The second kappa shape index (κ2) is 5.46. The lowest BCUT2D eigenvalue weighted by Gasteiger charge is -2.25. The average Bonchev–Trinajstić information content (AvgIpc) is 3.02. The molecule has 3 rings (SSSR count). The first-order chi connectivity index (χ1) is 9.75. The van der Waals surface area contributed by atoms with Crippen LogP contribution in [-0.4, -0.2) is 36.1 Å². The predicted octanol–water partition coefficient (Wildman–Crippen LogP) is 1.24. The summed E-state index contributed by atoms with van der Waals surface area (Å²) < 4.78 is 0. The van der Waals surface area contributed by atoms with E-state index in [0.717, 1.165) is 30.6 Å². The zero-order valence-corrected chi connectivity index (χ0v) is 11.5. The van der Waals surface area contributed by atoms with Gasteiger partial charge >= 0.3 is 0 Å². The zero-order valence-electron chi connectivity index (χ0n) is 11.5. The Morgan fingerprint density at radius 1 is 1.30 bits per heavy atom. The molecule has 20 heavy (non-hydrogen) atoms. The van der Waals surface area contributed by atoms with E-state index in [9.17, 15) is 4.79 Å². The molecule has 5 nitrogen and oxygen atoms in total. The lowest BCUT2D eigenvalue weighted by molar-refractivity contribution is 0.682. The van der Waals surface area contributed by atoms with E-state index in [-0.39, 0.29) is 5.56 Å². The Morgan fingerprint density at radius 3 is 2.80 bits per heavy atom. The van der Waals surface area contributed by atoms with Crippen LogP contribution < -0.4 is 15.8 Å². The highest BCUT2D eigenvalue weighted by Gasteiger charge is 2.21. The minimum Gasteiger partial charge on any atom is -0.366 e. The quantitative estimate of drug-likeness (QED) is 0.881. The van der Waals surface area contributed by atoms with Gasteiger partial charge in [-0.05, 0) is 36.7 Å². The van der Waals surface area contributed by atoms with Crippen LogP contribution in [0.15, 0.2) is 41.6 Å². The molecule has 1 aliphatic rings. The minimum absolute atomic E-state index is 0.0443. The molecule has 2 aromatic rings. The van der Waals surface area contributed by atoms with Crippen molar-refractivity contribution in [3.63, 3.8) is 0 Å². The Kier molecular flexibility index (Phi) is 3.52. The van der Waals surface area contributed by atoms with E-state index in [4.69, 9.17) is 0 Å². The van der Waals surface area contributed by atoms with Crippen LogP contribution in [0.5, 0.6) is 0 Å². The summed E-state index contributed by atoms with van der Waals surface area (Å²) in [6, 6.07) is 6.21. The van der Waals surface area contributed by atoms with Gasteiger partial charge in [-0.1, -0.05) is 0 Å². The van der Waals surface area contributed by atoms with Crippen LogP contribution in [0.3, 0.4) is 0 Å². The second-order valence-electron chi connectivity index (χ2n) is 5.10. The van der Waals surface area contributed by atoms with E-state index in [2.05, 4.69) is 20.2 Å². The van der Waals surface area contributed by atoms with Gasteiger partial charge in [0.25, 0.3) is 5.56 Å². The van der Waals surface area contributed by atoms with Crippen molar-refractivity contribution in [1.29, 1.82) is 0 Å². The summed E-state index contributed by atoms with van der Waals surface area (Å²) in [6.07, 6.45) is 6.33. The predicted molar refractivity (Wildman–Crippen MR) is 80.0 cm³/mol. The minimum atomic E-state index is -0.0443. The smallest absolute Gasteiger partial charge is 0.271 e. The van der Waals surface area contributed by atoms with Gasteiger partial charge in [0.1, 0.15) is 5.69 Å². The number of hydrogen-bond acceptors (Lipinski definition) is 4. The first-order valence-corrected chi connectivity index (χ1v) is 6.82. The van der Waals surface area contributed by atoms with Gasteiger partial charge in [-0.25, -0.2) is 0 Å². The molecule has 1 saturated heterocycles.